The molecule has 0 aliphatic rings. The third-order valence-electron chi connectivity index (χ3n) is 6.26. The van der Waals surface area contributed by atoms with Crippen LogP contribution in [-0.2, 0) is 12.8 Å². The minimum absolute atomic E-state index is 0.0895. The maximum absolute atomic E-state index is 14.8. The average molecular weight is 522 g/mol. The number of rotatable bonds is 10. The Hall–Kier alpha value is -3.97. The summed E-state index contributed by atoms with van der Waals surface area (Å²) in [4.78, 5) is 4.09. The second-order valence-electron chi connectivity index (χ2n) is 8.91. The van der Waals surface area contributed by atoms with Gasteiger partial charge in [0.15, 0.2) is 23.2 Å². The number of nitrogens with zero attached hydrogens (tertiary/aromatic N) is 1. The number of aryl methyl sites for hydroxylation is 2. The van der Waals surface area contributed by atoms with Gasteiger partial charge in [0, 0.05) is 22.9 Å². The molecule has 196 valence electrons. The number of halogens is 4. The topological polar surface area (TPSA) is 42.4 Å². The van der Waals surface area contributed by atoms with Gasteiger partial charge in [-0.1, -0.05) is 48.5 Å². The lowest BCUT2D eigenvalue weighted by Gasteiger charge is -2.11. The van der Waals surface area contributed by atoms with Gasteiger partial charge in [-0.25, -0.2) is 13.2 Å². The second-order valence-corrected chi connectivity index (χ2v) is 8.91. The smallest absolute Gasteiger partial charge is 0.201 e. The molecule has 1 heterocycles. The van der Waals surface area contributed by atoms with Crippen LogP contribution >= 0.6 is 0 Å². The number of aromatic nitrogens is 1. The molecule has 38 heavy (non-hydrogen) atoms. The van der Waals surface area contributed by atoms with E-state index in [1.807, 2.05) is 0 Å². The highest BCUT2D eigenvalue weighted by molar-refractivity contribution is 5.66. The predicted octanol–water partition coefficient (Wildman–Crippen LogP) is 7.77. The molecule has 0 saturated heterocycles. The molecule has 1 N–H and O–H groups in total. The molecule has 0 spiro atoms. The first kappa shape index (κ1) is 27.1. The van der Waals surface area contributed by atoms with Crippen molar-refractivity contribution in [1.29, 1.82) is 0 Å². The van der Waals surface area contributed by atoms with E-state index in [2.05, 4.69) is 11.6 Å². The Bertz CT molecular complexity index is 1420. The standard InChI is InChI=1S/C31H27F4NO2/c1-3-4-17-38-27-16-14-24(30(34)31(27)35)21-8-5-20(6-9-21)7-10-22-11-13-25(29(33)28(22)32)23-12-15-26(19(2)37)36-18-23/h3,5-6,8-9,11-16,18-19,37H,1,4,7,10,17H2,2H3. The van der Waals surface area contributed by atoms with Crippen LogP contribution in [0, 0.1) is 23.3 Å². The van der Waals surface area contributed by atoms with Crippen molar-refractivity contribution >= 4 is 0 Å². The summed E-state index contributed by atoms with van der Waals surface area (Å²) in [6, 6.07) is 15.9. The van der Waals surface area contributed by atoms with Gasteiger partial charge in [0.2, 0.25) is 5.82 Å². The molecule has 1 unspecified atom stereocenters. The van der Waals surface area contributed by atoms with Gasteiger partial charge >= 0.3 is 0 Å². The fourth-order valence-electron chi connectivity index (χ4n) is 4.07. The van der Waals surface area contributed by atoms with Gasteiger partial charge < -0.3 is 9.84 Å². The van der Waals surface area contributed by atoms with E-state index in [1.165, 1.54) is 24.4 Å². The molecule has 0 radical (unpaired) electrons. The van der Waals surface area contributed by atoms with E-state index in [-0.39, 0.29) is 35.5 Å². The first-order valence-electron chi connectivity index (χ1n) is 12.2. The Kier molecular flexibility index (Phi) is 8.59. The molecule has 0 bridgehead atoms. The average Bonchev–Trinajstić information content (AvgIpc) is 2.92. The first-order valence-corrected chi connectivity index (χ1v) is 12.2. The molecule has 1 aromatic heterocycles. The van der Waals surface area contributed by atoms with Gasteiger partial charge in [-0.05, 0) is 61.1 Å². The van der Waals surface area contributed by atoms with Crippen molar-refractivity contribution < 1.29 is 27.4 Å². The van der Waals surface area contributed by atoms with Crippen molar-refractivity contribution in [1.82, 2.24) is 4.98 Å². The van der Waals surface area contributed by atoms with Crippen LogP contribution in [0.3, 0.4) is 0 Å². The van der Waals surface area contributed by atoms with E-state index in [0.29, 0.717) is 29.7 Å². The van der Waals surface area contributed by atoms with Crippen LogP contribution < -0.4 is 4.74 Å². The Balaban J connectivity index is 1.44. The number of benzene rings is 3. The Labute approximate surface area is 219 Å². The maximum Gasteiger partial charge on any atom is 0.201 e. The van der Waals surface area contributed by atoms with Crippen molar-refractivity contribution in [3.05, 3.63) is 120 Å². The fourth-order valence-corrected chi connectivity index (χ4v) is 4.07. The number of hydrogen-bond acceptors (Lipinski definition) is 3. The lowest BCUT2D eigenvalue weighted by atomic mass is 9.98. The molecule has 4 aromatic rings. The van der Waals surface area contributed by atoms with E-state index < -0.39 is 29.4 Å². The third-order valence-corrected chi connectivity index (χ3v) is 6.26. The van der Waals surface area contributed by atoms with Gasteiger partial charge in [-0.3, -0.25) is 4.98 Å². The second kappa shape index (κ2) is 12.0. The number of aliphatic hydroxyl groups excluding tert-OH is 1. The van der Waals surface area contributed by atoms with Crippen LogP contribution in [0.25, 0.3) is 22.3 Å². The zero-order chi connectivity index (χ0) is 27.2. The summed E-state index contributed by atoms with van der Waals surface area (Å²) in [7, 11) is 0. The van der Waals surface area contributed by atoms with Crippen LogP contribution in [0.4, 0.5) is 17.6 Å². The minimum Gasteiger partial charge on any atom is -0.490 e. The number of aliphatic hydroxyl groups is 1. The molecule has 3 nitrogen and oxygen atoms in total. The van der Waals surface area contributed by atoms with Gasteiger partial charge in [0.1, 0.15) is 0 Å². The highest BCUT2D eigenvalue weighted by Crippen LogP contribution is 2.31. The third kappa shape index (κ3) is 5.94. The number of hydrogen-bond donors (Lipinski definition) is 1. The Morgan fingerprint density at radius 2 is 1.47 bits per heavy atom. The van der Waals surface area contributed by atoms with Crippen LogP contribution in [0.15, 0.2) is 79.5 Å². The molecule has 0 saturated carbocycles. The maximum atomic E-state index is 14.8. The molecule has 0 amide bonds. The molecular formula is C31H27F4NO2. The first-order chi connectivity index (χ1) is 18.3. The van der Waals surface area contributed by atoms with E-state index in [4.69, 9.17) is 4.74 Å². The van der Waals surface area contributed by atoms with Crippen LogP contribution in [0.5, 0.6) is 5.75 Å². The highest BCUT2D eigenvalue weighted by Gasteiger charge is 2.17. The summed E-state index contributed by atoms with van der Waals surface area (Å²) in [5, 5.41) is 9.58. The van der Waals surface area contributed by atoms with Crippen LogP contribution in [0.1, 0.15) is 36.3 Å². The van der Waals surface area contributed by atoms with E-state index >= 15 is 0 Å². The summed E-state index contributed by atoms with van der Waals surface area (Å²) >= 11 is 0. The van der Waals surface area contributed by atoms with Gasteiger partial charge in [0.25, 0.3) is 0 Å². The molecule has 0 aliphatic carbocycles. The van der Waals surface area contributed by atoms with Crippen molar-refractivity contribution in [3.63, 3.8) is 0 Å². The highest BCUT2D eigenvalue weighted by atomic mass is 19.2. The van der Waals surface area contributed by atoms with Crippen LogP contribution in [-0.4, -0.2) is 16.7 Å². The van der Waals surface area contributed by atoms with Gasteiger partial charge in [-0.2, -0.15) is 4.39 Å². The molecule has 1 atom stereocenters. The lowest BCUT2D eigenvalue weighted by molar-refractivity contribution is 0.194. The zero-order valence-corrected chi connectivity index (χ0v) is 20.9. The SMILES string of the molecule is C=CCCOc1ccc(-c2ccc(CCc3ccc(-c4ccc(C(C)O)nc4)c(F)c3F)cc2)c(F)c1F. The molecule has 7 heteroatoms. The van der Waals surface area contributed by atoms with Crippen molar-refractivity contribution in [2.45, 2.75) is 32.3 Å². The fraction of sp³-hybridized carbons (Fsp3) is 0.194. The molecule has 4 rings (SSSR count). The molecular weight excluding hydrogens is 494 g/mol. The lowest BCUT2D eigenvalue weighted by Crippen LogP contribution is -2.01. The van der Waals surface area contributed by atoms with Crippen molar-refractivity contribution in [2.75, 3.05) is 6.61 Å². The van der Waals surface area contributed by atoms with Crippen molar-refractivity contribution in [3.8, 4) is 28.0 Å². The summed E-state index contributed by atoms with van der Waals surface area (Å²) in [5.74, 6) is -4.09. The molecule has 0 aliphatic heterocycles. The molecule has 3 aromatic carbocycles. The van der Waals surface area contributed by atoms with E-state index in [1.54, 1.807) is 55.5 Å². The predicted molar refractivity (Wildman–Crippen MR) is 140 cm³/mol. The monoisotopic (exact) mass is 521 g/mol. The molecule has 0 fully saturated rings. The summed E-state index contributed by atoms with van der Waals surface area (Å²) in [6.07, 6.45) is 3.46. The van der Waals surface area contributed by atoms with Gasteiger partial charge in [-0.15, -0.1) is 6.58 Å². The quantitative estimate of drug-likeness (QED) is 0.132. The summed E-state index contributed by atoms with van der Waals surface area (Å²) in [5.41, 5.74) is 2.59. The number of pyridine rings is 1. The Morgan fingerprint density at radius 3 is 2.13 bits per heavy atom. The largest absolute Gasteiger partial charge is 0.490 e. The zero-order valence-electron chi connectivity index (χ0n) is 20.9. The Morgan fingerprint density at radius 1 is 0.816 bits per heavy atom. The van der Waals surface area contributed by atoms with E-state index in [9.17, 15) is 22.7 Å². The normalized spacial score (nSPS) is 11.8. The summed E-state index contributed by atoms with van der Waals surface area (Å²) < 4.78 is 64.0. The van der Waals surface area contributed by atoms with E-state index in [0.717, 1.165) is 5.56 Å². The number of ether oxygens (including phenoxy) is 1. The van der Waals surface area contributed by atoms with Gasteiger partial charge in [0.05, 0.1) is 18.4 Å². The summed E-state index contributed by atoms with van der Waals surface area (Å²) in [6.45, 7) is 5.34. The van der Waals surface area contributed by atoms with Crippen molar-refractivity contribution in [2.24, 2.45) is 0 Å². The minimum atomic E-state index is -1.05. The van der Waals surface area contributed by atoms with Crippen LogP contribution in [0.2, 0.25) is 0 Å².